The maximum atomic E-state index is 14.1. The monoisotopic (exact) mass is 263 g/mol. The van der Waals surface area contributed by atoms with Crippen LogP contribution in [0.25, 0.3) is 0 Å². The summed E-state index contributed by atoms with van der Waals surface area (Å²) >= 11 is 0. The first-order valence-corrected chi connectivity index (χ1v) is 6.51. The fourth-order valence-electron chi connectivity index (χ4n) is 2.54. The van der Waals surface area contributed by atoms with E-state index < -0.39 is 11.4 Å². The Balaban J connectivity index is 2.62. The summed E-state index contributed by atoms with van der Waals surface area (Å²) < 4.78 is 19.3. The number of aliphatic imine (C=N–C) groups is 1. The highest BCUT2D eigenvalue weighted by atomic mass is 19.1. The highest BCUT2D eigenvalue weighted by molar-refractivity contribution is 5.48. The topological polar surface area (TPSA) is 38.7 Å². The van der Waals surface area contributed by atoms with E-state index in [0.717, 1.165) is 24.8 Å². The van der Waals surface area contributed by atoms with Gasteiger partial charge in [0, 0.05) is 5.56 Å². The highest BCUT2D eigenvalue weighted by Crippen LogP contribution is 2.49. The van der Waals surface area contributed by atoms with Crippen LogP contribution >= 0.6 is 0 Å². The third-order valence-electron chi connectivity index (χ3n) is 3.88. The van der Waals surface area contributed by atoms with Gasteiger partial charge in [-0.25, -0.2) is 9.18 Å². The van der Waals surface area contributed by atoms with E-state index in [2.05, 4.69) is 4.99 Å². The summed E-state index contributed by atoms with van der Waals surface area (Å²) in [5.41, 5.74) is 0.924. The molecule has 0 aliphatic heterocycles. The average molecular weight is 263 g/mol. The summed E-state index contributed by atoms with van der Waals surface area (Å²) in [6.45, 7) is 4.00. The van der Waals surface area contributed by atoms with Crippen LogP contribution in [-0.2, 0) is 10.3 Å². The molecule has 0 saturated heterocycles. The van der Waals surface area contributed by atoms with Gasteiger partial charge in [-0.15, -0.1) is 0 Å². The van der Waals surface area contributed by atoms with Gasteiger partial charge >= 0.3 is 0 Å². The van der Waals surface area contributed by atoms with Crippen LogP contribution in [0.3, 0.4) is 0 Å². The summed E-state index contributed by atoms with van der Waals surface area (Å²) in [5.74, 6) is 0.00988. The Hall–Kier alpha value is -1.67. The molecule has 1 aromatic rings. The second-order valence-corrected chi connectivity index (χ2v) is 5.33. The fourth-order valence-corrected chi connectivity index (χ4v) is 2.54. The molecule has 0 unspecified atom stereocenters. The first kappa shape index (κ1) is 13.8. The molecule has 1 aliphatic carbocycles. The number of carbonyl (C=O) groups excluding carboxylic acids is 1. The number of isocyanates is 1. The van der Waals surface area contributed by atoms with Crippen LogP contribution in [-0.4, -0.2) is 13.2 Å². The maximum absolute atomic E-state index is 14.1. The second kappa shape index (κ2) is 5.14. The zero-order chi connectivity index (χ0) is 14.0. The minimum atomic E-state index is -0.640. The lowest BCUT2D eigenvalue weighted by atomic mass is 9.71. The van der Waals surface area contributed by atoms with Crippen molar-refractivity contribution in [2.75, 3.05) is 7.11 Å². The van der Waals surface area contributed by atoms with E-state index in [9.17, 15) is 9.18 Å². The van der Waals surface area contributed by atoms with Crippen LogP contribution in [0, 0.1) is 5.82 Å². The van der Waals surface area contributed by atoms with Crippen molar-refractivity contribution in [3.05, 3.63) is 29.1 Å². The second-order valence-electron chi connectivity index (χ2n) is 5.33. The van der Waals surface area contributed by atoms with Crippen LogP contribution in [0.1, 0.15) is 50.2 Å². The van der Waals surface area contributed by atoms with Crippen molar-refractivity contribution in [2.24, 2.45) is 4.99 Å². The summed E-state index contributed by atoms with van der Waals surface area (Å²) in [4.78, 5) is 14.6. The lowest BCUT2D eigenvalue weighted by Crippen LogP contribution is -2.32. The van der Waals surface area contributed by atoms with Gasteiger partial charge in [-0.3, -0.25) is 0 Å². The highest BCUT2D eigenvalue weighted by Gasteiger charge is 2.42. The van der Waals surface area contributed by atoms with Crippen LogP contribution < -0.4 is 4.74 Å². The predicted molar refractivity (Wildman–Crippen MR) is 70.7 cm³/mol. The van der Waals surface area contributed by atoms with Crippen LogP contribution in [0.4, 0.5) is 4.39 Å². The molecule has 0 spiro atoms. The number of ether oxygens (including phenoxy) is 1. The Morgan fingerprint density at radius 2 is 2.11 bits per heavy atom. The molecule has 19 heavy (non-hydrogen) atoms. The summed E-state index contributed by atoms with van der Waals surface area (Å²) in [6, 6.07) is 3.40. The van der Waals surface area contributed by atoms with E-state index in [0.29, 0.717) is 5.56 Å². The normalized spacial score (nSPS) is 16.7. The number of nitrogens with zero attached hydrogens (tertiary/aromatic N) is 1. The quantitative estimate of drug-likeness (QED) is 0.614. The Morgan fingerprint density at radius 1 is 1.42 bits per heavy atom. The van der Waals surface area contributed by atoms with Gasteiger partial charge in [-0.1, -0.05) is 13.8 Å². The minimum Gasteiger partial charge on any atom is -0.493 e. The molecule has 0 heterocycles. The zero-order valence-corrected chi connectivity index (χ0v) is 11.5. The molecule has 1 saturated carbocycles. The van der Waals surface area contributed by atoms with Gasteiger partial charge in [0.2, 0.25) is 6.08 Å². The summed E-state index contributed by atoms with van der Waals surface area (Å²) in [6.07, 6.45) is 4.07. The van der Waals surface area contributed by atoms with E-state index in [1.54, 1.807) is 6.08 Å². The number of halogens is 1. The number of methoxy groups -OCH3 is 1. The molecule has 0 radical (unpaired) electrons. The van der Waals surface area contributed by atoms with E-state index in [1.807, 2.05) is 19.9 Å². The van der Waals surface area contributed by atoms with E-state index in [4.69, 9.17) is 4.74 Å². The van der Waals surface area contributed by atoms with Crippen molar-refractivity contribution in [1.82, 2.24) is 0 Å². The molecule has 102 valence electrons. The predicted octanol–water partition coefficient (Wildman–Crippen LogP) is 3.67. The number of benzene rings is 1. The number of hydrogen-bond acceptors (Lipinski definition) is 3. The van der Waals surface area contributed by atoms with E-state index >= 15 is 0 Å². The van der Waals surface area contributed by atoms with Gasteiger partial charge in [0.25, 0.3) is 0 Å². The molecule has 2 rings (SSSR count). The minimum absolute atomic E-state index is 0.197. The molecule has 1 aromatic carbocycles. The summed E-state index contributed by atoms with van der Waals surface area (Å²) in [7, 11) is 1.44. The molecule has 0 bridgehead atoms. The van der Waals surface area contributed by atoms with Gasteiger partial charge in [0.1, 0.15) is 5.54 Å². The molecule has 1 aliphatic rings. The smallest absolute Gasteiger partial charge is 0.235 e. The molecule has 0 N–H and O–H groups in total. The van der Waals surface area contributed by atoms with Crippen molar-refractivity contribution >= 4 is 6.08 Å². The molecular weight excluding hydrogens is 245 g/mol. The van der Waals surface area contributed by atoms with Crippen molar-refractivity contribution in [3.8, 4) is 5.75 Å². The van der Waals surface area contributed by atoms with Gasteiger partial charge in [-0.2, -0.15) is 4.99 Å². The molecule has 0 aromatic heterocycles. The van der Waals surface area contributed by atoms with Crippen LogP contribution in [0.15, 0.2) is 17.1 Å². The zero-order valence-electron chi connectivity index (χ0n) is 11.5. The largest absolute Gasteiger partial charge is 0.493 e. The van der Waals surface area contributed by atoms with Crippen LogP contribution in [0.2, 0.25) is 0 Å². The summed E-state index contributed by atoms with van der Waals surface area (Å²) in [5, 5.41) is 0. The molecule has 3 nitrogen and oxygen atoms in total. The standard InChI is InChI=1S/C15H18FNO2/c1-10(2)11-7-12(14(19-3)13(16)8-11)15(17-9-18)5-4-6-15/h7-8,10H,4-6H2,1-3H3. The van der Waals surface area contributed by atoms with Gasteiger partial charge in [-0.05, 0) is 42.9 Å². The number of hydrogen-bond donors (Lipinski definition) is 0. The van der Waals surface area contributed by atoms with E-state index in [-0.39, 0.29) is 11.7 Å². The third kappa shape index (κ3) is 2.28. The fraction of sp³-hybridized carbons (Fsp3) is 0.533. The van der Waals surface area contributed by atoms with Crippen molar-refractivity contribution < 1.29 is 13.9 Å². The Morgan fingerprint density at radius 3 is 2.53 bits per heavy atom. The molecule has 0 amide bonds. The molecule has 4 heteroatoms. The maximum Gasteiger partial charge on any atom is 0.235 e. The Labute approximate surface area is 112 Å². The van der Waals surface area contributed by atoms with Crippen molar-refractivity contribution in [1.29, 1.82) is 0 Å². The average Bonchev–Trinajstić information content (AvgIpc) is 2.32. The van der Waals surface area contributed by atoms with Crippen molar-refractivity contribution in [2.45, 2.75) is 44.6 Å². The Bertz CT molecular complexity index is 529. The van der Waals surface area contributed by atoms with Crippen molar-refractivity contribution in [3.63, 3.8) is 0 Å². The number of rotatable bonds is 4. The van der Waals surface area contributed by atoms with E-state index in [1.165, 1.54) is 13.2 Å². The molecule has 0 atom stereocenters. The Kier molecular flexibility index (Phi) is 3.72. The van der Waals surface area contributed by atoms with Gasteiger partial charge < -0.3 is 4.74 Å². The SMILES string of the molecule is COc1c(F)cc(C(C)C)cc1C1(N=C=O)CCC1. The van der Waals surface area contributed by atoms with Gasteiger partial charge in [0.05, 0.1) is 7.11 Å². The first-order valence-electron chi connectivity index (χ1n) is 6.51. The molecular formula is C15H18FNO2. The third-order valence-corrected chi connectivity index (χ3v) is 3.88. The molecule has 1 fully saturated rings. The van der Waals surface area contributed by atoms with Gasteiger partial charge in [0.15, 0.2) is 11.6 Å². The first-order chi connectivity index (χ1) is 9.04. The van der Waals surface area contributed by atoms with Crippen LogP contribution in [0.5, 0.6) is 5.75 Å². The lowest BCUT2D eigenvalue weighted by molar-refractivity contribution is 0.242. The lowest BCUT2D eigenvalue weighted by Gasteiger charge is -2.38.